The lowest BCUT2D eigenvalue weighted by atomic mass is 10.1. The molecule has 0 saturated carbocycles. The number of amides is 1. The van der Waals surface area contributed by atoms with Gasteiger partial charge in [0.2, 0.25) is 0 Å². The quantitative estimate of drug-likeness (QED) is 0.810. The molecule has 1 amide bonds. The highest BCUT2D eigenvalue weighted by Crippen LogP contribution is 2.22. The molecule has 0 saturated heterocycles. The molecule has 0 radical (unpaired) electrons. The van der Waals surface area contributed by atoms with Crippen LogP contribution in [0.5, 0.6) is 0 Å². The first-order valence-corrected chi connectivity index (χ1v) is 6.91. The number of thioether (sulfide) groups is 1. The Kier molecular flexibility index (Phi) is 5.82. The summed E-state index contributed by atoms with van der Waals surface area (Å²) in [5.41, 5.74) is 0.476. The number of aliphatic hydroxyl groups is 1. The summed E-state index contributed by atoms with van der Waals surface area (Å²) in [6.45, 7) is 2.36. The number of carbonyl (C=O) groups is 1. The van der Waals surface area contributed by atoms with Crippen molar-refractivity contribution in [3.05, 3.63) is 28.8 Å². The summed E-state index contributed by atoms with van der Waals surface area (Å²) in [5, 5.41) is 12.1. The molecule has 0 spiro atoms. The van der Waals surface area contributed by atoms with E-state index in [-0.39, 0.29) is 18.4 Å². The summed E-state index contributed by atoms with van der Waals surface area (Å²) >= 11 is 7.54. The molecule has 0 bridgehead atoms. The highest BCUT2D eigenvalue weighted by atomic mass is 35.5. The molecule has 2 N–H and O–H groups in total. The minimum atomic E-state index is -0.203. The second kappa shape index (κ2) is 6.89. The maximum atomic E-state index is 11.9. The van der Waals surface area contributed by atoms with E-state index in [4.69, 9.17) is 16.7 Å². The Morgan fingerprint density at radius 3 is 2.88 bits per heavy atom. The van der Waals surface area contributed by atoms with Crippen molar-refractivity contribution in [2.24, 2.45) is 5.92 Å². The molecule has 1 aromatic carbocycles. The Bertz CT molecular complexity index is 398. The molecule has 17 heavy (non-hydrogen) atoms. The fourth-order valence-electron chi connectivity index (χ4n) is 1.23. The average Bonchev–Trinajstić information content (AvgIpc) is 2.36. The maximum Gasteiger partial charge on any atom is 0.252 e. The first kappa shape index (κ1) is 14.4. The average molecular weight is 274 g/mol. The van der Waals surface area contributed by atoms with E-state index >= 15 is 0 Å². The summed E-state index contributed by atoms with van der Waals surface area (Å²) < 4.78 is 0. The normalized spacial score (nSPS) is 12.2. The number of nitrogens with one attached hydrogen (secondary N) is 1. The van der Waals surface area contributed by atoms with Crippen LogP contribution in [0.3, 0.4) is 0 Å². The van der Waals surface area contributed by atoms with E-state index in [0.717, 1.165) is 4.90 Å². The lowest BCUT2D eigenvalue weighted by Crippen LogP contribution is -2.29. The predicted octanol–water partition coefficient (Wildman–Crippen LogP) is 2.42. The molecule has 0 aliphatic rings. The Morgan fingerprint density at radius 1 is 1.59 bits per heavy atom. The highest BCUT2D eigenvalue weighted by molar-refractivity contribution is 7.98. The minimum Gasteiger partial charge on any atom is -0.396 e. The van der Waals surface area contributed by atoms with E-state index in [1.165, 1.54) is 0 Å². The molecular formula is C12H16ClNO2S. The van der Waals surface area contributed by atoms with Crippen molar-refractivity contribution < 1.29 is 9.90 Å². The lowest BCUT2D eigenvalue weighted by Gasteiger charge is -2.11. The second-order valence-electron chi connectivity index (χ2n) is 3.84. The van der Waals surface area contributed by atoms with Gasteiger partial charge in [-0.3, -0.25) is 4.79 Å². The molecule has 1 unspecified atom stereocenters. The van der Waals surface area contributed by atoms with Gasteiger partial charge in [-0.1, -0.05) is 18.5 Å². The first-order chi connectivity index (χ1) is 8.08. The molecule has 5 heteroatoms. The van der Waals surface area contributed by atoms with Gasteiger partial charge in [0.15, 0.2) is 0 Å². The van der Waals surface area contributed by atoms with Crippen LogP contribution in [0.2, 0.25) is 5.02 Å². The number of benzene rings is 1. The molecule has 94 valence electrons. The lowest BCUT2D eigenvalue weighted by molar-refractivity contribution is 0.0942. The third kappa shape index (κ3) is 4.22. The predicted molar refractivity (Wildman–Crippen MR) is 71.8 cm³/mol. The monoisotopic (exact) mass is 273 g/mol. The zero-order chi connectivity index (χ0) is 12.8. The van der Waals surface area contributed by atoms with E-state index in [1.54, 1.807) is 23.9 Å². The van der Waals surface area contributed by atoms with Gasteiger partial charge in [0.1, 0.15) is 0 Å². The summed E-state index contributed by atoms with van der Waals surface area (Å²) in [6, 6.07) is 5.36. The zero-order valence-corrected chi connectivity index (χ0v) is 11.4. The number of aliphatic hydroxyl groups excluding tert-OH is 1. The molecule has 1 rings (SSSR count). The summed E-state index contributed by atoms with van der Waals surface area (Å²) in [7, 11) is 0. The molecular weight excluding hydrogens is 258 g/mol. The number of hydrogen-bond donors (Lipinski definition) is 2. The van der Waals surface area contributed by atoms with Crippen LogP contribution in [0.4, 0.5) is 0 Å². The second-order valence-corrected chi connectivity index (χ2v) is 5.13. The van der Waals surface area contributed by atoms with Crippen LogP contribution < -0.4 is 5.32 Å². The van der Waals surface area contributed by atoms with Crippen LogP contribution in [0.25, 0.3) is 0 Å². The topological polar surface area (TPSA) is 49.3 Å². The largest absolute Gasteiger partial charge is 0.396 e. The molecule has 3 nitrogen and oxygen atoms in total. The van der Waals surface area contributed by atoms with Gasteiger partial charge in [0.25, 0.3) is 5.91 Å². The number of hydrogen-bond acceptors (Lipinski definition) is 3. The summed E-state index contributed by atoms with van der Waals surface area (Å²) in [6.07, 6.45) is 1.94. The Morgan fingerprint density at radius 2 is 2.29 bits per heavy atom. The maximum absolute atomic E-state index is 11.9. The van der Waals surface area contributed by atoms with E-state index in [9.17, 15) is 4.79 Å². The van der Waals surface area contributed by atoms with Crippen molar-refractivity contribution in [3.8, 4) is 0 Å². The molecule has 0 fully saturated rings. The van der Waals surface area contributed by atoms with Crippen LogP contribution in [0.15, 0.2) is 23.1 Å². The van der Waals surface area contributed by atoms with Gasteiger partial charge in [0.05, 0.1) is 10.6 Å². The zero-order valence-electron chi connectivity index (χ0n) is 9.87. The SMILES string of the molecule is CSc1ccc(Cl)c(C(=O)NCC(C)CO)c1. The summed E-state index contributed by atoms with van der Waals surface area (Å²) in [4.78, 5) is 12.9. The van der Waals surface area contributed by atoms with E-state index in [2.05, 4.69) is 5.32 Å². The first-order valence-electron chi connectivity index (χ1n) is 5.31. The van der Waals surface area contributed by atoms with Crippen molar-refractivity contribution >= 4 is 29.3 Å². The van der Waals surface area contributed by atoms with Gasteiger partial charge >= 0.3 is 0 Å². The van der Waals surface area contributed by atoms with Crippen LogP contribution in [-0.2, 0) is 0 Å². The standard InChI is InChI=1S/C12H16ClNO2S/c1-8(7-15)6-14-12(16)10-5-9(17-2)3-4-11(10)13/h3-5,8,15H,6-7H2,1-2H3,(H,14,16). The fraction of sp³-hybridized carbons (Fsp3) is 0.417. The molecule has 0 aromatic heterocycles. The molecule has 0 aliphatic heterocycles. The minimum absolute atomic E-state index is 0.0430. The van der Waals surface area contributed by atoms with Gasteiger partial charge in [-0.25, -0.2) is 0 Å². The highest BCUT2D eigenvalue weighted by Gasteiger charge is 2.11. The fourth-order valence-corrected chi connectivity index (χ4v) is 1.88. The van der Waals surface area contributed by atoms with Gasteiger partial charge in [-0.05, 0) is 30.4 Å². The molecule has 1 aromatic rings. The van der Waals surface area contributed by atoms with Crippen LogP contribution >= 0.6 is 23.4 Å². The van der Waals surface area contributed by atoms with Crippen LogP contribution in [-0.4, -0.2) is 30.4 Å². The van der Waals surface area contributed by atoms with Crippen molar-refractivity contribution in [2.75, 3.05) is 19.4 Å². The van der Waals surface area contributed by atoms with E-state index in [0.29, 0.717) is 17.1 Å². The summed E-state index contributed by atoms with van der Waals surface area (Å²) in [5.74, 6) is -0.160. The van der Waals surface area contributed by atoms with Gasteiger partial charge in [-0.2, -0.15) is 0 Å². The van der Waals surface area contributed by atoms with E-state index < -0.39 is 0 Å². The Labute approximate surface area is 111 Å². The number of carbonyl (C=O) groups excluding carboxylic acids is 1. The third-order valence-electron chi connectivity index (χ3n) is 2.34. The molecule has 0 aliphatic carbocycles. The number of rotatable bonds is 5. The van der Waals surface area contributed by atoms with Crippen molar-refractivity contribution in [1.82, 2.24) is 5.32 Å². The Hall–Kier alpha value is -0.710. The van der Waals surface area contributed by atoms with Crippen molar-refractivity contribution in [2.45, 2.75) is 11.8 Å². The van der Waals surface area contributed by atoms with E-state index in [1.807, 2.05) is 19.2 Å². The van der Waals surface area contributed by atoms with Crippen molar-refractivity contribution in [1.29, 1.82) is 0 Å². The van der Waals surface area contributed by atoms with Gasteiger partial charge in [-0.15, -0.1) is 11.8 Å². The van der Waals surface area contributed by atoms with Gasteiger partial charge in [0, 0.05) is 18.0 Å². The van der Waals surface area contributed by atoms with Crippen molar-refractivity contribution in [3.63, 3.8) is 0 Å². The smallest absolute Gasteiger partial charge is 0.252 e. The number of halogens is 1. The van der Waals surface area contributed by atoms with Gasteiger partial charge < -0.3 is 10.4 Å². The third-order valence-corrected chi connectivity index (χ3v) is 3.40. The van der Waals surface area contributed by atoms with Crippen LogP contribution in [0.1, 0.15) is 17.3 Å². The molecule has 0 heterocycles. The molecule has 1 atom stereocenters. The van der Waals surface area contributed by atoms with Crippen LogP contribution in [0, 0.1) is 5.92 Å². The Balaban J connectivity index is 2.74.